The van der Waals surface area contributed by atoms with Gasteiger partial charge in [-0.1, -0.05) is 44.1 Å². The Morgan fingerprint density at radius 3 is 2.28 bits per heavy atom. The third-order valence-corrected chi connectivity index (χ3v) is 9.01. The summed E-state index contributed by atoms with van der Waals surface area (Å²) in [5.41, 5.74) is 2.66. The number of aromatic nitrogens is 1. The number of hydrogen-bond acceptors (Lipinski definition) is 4. The first kappa shape index (κ1) is 22.9. The molecule has 0 radical (unpaired) electrons. The van der Waals surface area contributed by atoms with Gasteiger partial charge < -0.3 is 4.57 Å². The van der Waals surface area contributed by atoms with Crippen LogP contribution in [0.5, 0.6) is 0 Å². The summed E-state index contributed by atoms with van der Waals surface area (Å²) in [6.45, 7) is 5.42. The molecule has 0 spiro atoms. The Bertz CT molecular complexity index is 1290. The summed E-state index contributed by atoms with van der Waals surface area (Å²) >= 11 is 1.48. The quantitative estimate of drug-likeness (QED) is 0.555. The Kier molecular flexibility index (Phi) is 6.65. The van der Waals surface area contributed by atoms with E-state index >= 15 is 0 Å². The van der Waals surface area contributed by atoms with Crippen molar-refractivity contribution in [2.45, 2.75) is 50.3 Å². The fraction of sp³-hybridized carbons (Fsp3) is 0.417. The lowest BCUT2D eigenvalue weighted by Gasteiger charge is -2.19. The molecule has 0 atom stereocenters. The number of rotatable bonds is 4. The van der Waals surface area contributed by atoms with E-state index in [2.05, 4.69) is 37.0 Å². The Morgan fingerprint density at radius 1 is 1.00 bits per heavy atom. The van der Waals surface area contributed by atoms with Crippen molar-refractivity contribution < 1.29 is 13.2 Å². The number of carbonyl (C=O) groups excluding carboxylic acids is 1. The first-order valence-corrected chi connectivity index (χ1v) is 13.3. The first-order valence-electron chi connectivity index (χ1n) is 11.1. The number of sulfonamides is 1. The Labute approximate surface area is 193 Å². The molecule has 1 amide bonds. The van der Waals surface area contributed by atoms with E-state index in [0.717, 1.165) is 35.9 Å². The fourth-order valence-corrected chi connectivity index (χ4v) is 6.55. The van der Waals surface area contributed by atoms with Crippen LogP contribution in [0, 0.1) is 0 Å². The highest BCUT2D eigenvalue weighted by Gasteiger charge is 2.25. The smallest absolute Gasteiger partial charge is 0.279 e. The SMILES string of the molecule is CC(C)c1ccc2c(c1)sc(=NC(=O)c1ccc(S(=O)(=O)N3CCCCCC3)cc1)n2C. The van der Waals surface area contributed by atoms with Crippen LogP contribution in [0.1, 0.15) is 61.4 Å². The maximum atomic E-state index is 12.9. The zero-order valence-electron chi connectivity index (χ0n) is 18.7. The third-order valence-electron chi connectivity index (χ3n) is 6.00. The molecule has 1 aromatic heterocycles. The normalized spacial score (nSPS) is 16.6. The van der Waals surface area contributed by atoms with Crippen LogP contribution in [0.15, 0.2) is 52.4 Å². The van der Waals surface area contributed by atoms with Crippen molar-refractivity contribution in [2.75, 3.05) is 13.1 Å². The molecule has 0 bridgehead atoms. The second-order valence-corrected chi connectivity index (χ2v) is 11.5. The zero-order chi connectivity index (χ0) is 22.9. The highest BCUT2D eigenvalue weighted by Crippen LogP contribution is 2.24. The van der Waals surface area contributed by atoms with Gasteiger partial charge in [0.15, 0.2) is 4.80 Å². The molecule has 1 aliphatic heterocycles. The van der Waals surface area contributed by atoms with Gasteiger partial charge in [-0.15, -0.1) is 0 Å². The van der Waals surface area contributed by atoms with Gasteiger partial charge >= 0.3 is 0 Å². The van der Waals surface area contributed by atoms with Crippen LogP contribution in [0.4, 0.5) is 0 Å². The van der Waals surface area contributed by atoms with E-state index in [1.165, 1.54) is 29.0 Å². The minimum Gasteiger partial charge on any atom is -0.319 e. The third kappa shape index (κ3) is 4.58. The second kappa shape index (κ2) is 9.29. The van der Waals surface area contributed by atoms with Gasteiger partial charge in [-0.25, -0.2) is 8.42 Å². The number of fused-ring (bicyclic) bond motifs is 1. The molecule has 2 heterocycles. The molecule has 170 valence electrons. The molecule has 3 aromatic rings. The number of nitrogens with zero attached hydrogens (tertiary/aromatic N) is 3. The zero-order valence-corrected chi connectivity index (χ0v) is 20.4. The van der Waals surface area contributed by atoms with Gasteiger partial charge in [0, 0.05) is 25.7 Å². The predicted octanol–water partition coefficient (Wildman–Crippen LogP) is 4.67. The summed E-state index contributed by atoms with van der Waals surface area (Å²) in [4.78, 5) is 18.0. The summed E-state index contributed by atoms with van der Waals surface area (Å²) in [6, 6.07) is 12.5. The van der Waals surface area contributed by atoms with E-state index in [9.17, 15) is 13.2 Å². The molecule has 4 rings (SSSR count). The highest BCUT2D eigenvalue weighted by molar-refractivity contribution is 7.89. The maximum absolute atomic E-state index is 12.9. The lowest BCUT2D eigenvalue weighted by molar-refractivity contribution is 0.0998. The van der Waals surface area contributed by atoms with E-state index in [1.807, 2.05) is 11.6 Å². The van der Waals surface area contributed by atoms with Gasteiger partial charge in [0.1, 0.15) is 0 Å². The van der Waals surface area contributed by atoms with Crippen LogP contribution in [-0.2, 0) is 17.1 Å². The Balaban J connectivity index is 1.60. The molecular formula is C24H29N3O3S2. The molecule has 0 N–H and O–H groups in total. The minimum atomic E-state index is -3.53. The fourth-order valence-electron chi connectivity index (χ4n) is 3.97. The van der Waals surface area contributed by atoms with E-state index in [4.69, 9.17) is 0 Å². The van der Waals surface area contributed by atoms with Gasteiger partial charge in [-0.05, 0) is 60.7 Å². The van der Waals surface area contributed by atoms with Crippen molar-refractivity contribution >= 4 is 37.5 Å². The monoisotopic (exact) mass is 471 g/mol. The van der Waals surface area contributed by atoms with Crippen LogP contribution in [-0.4, -0.2) is 36.3 Å². The molecule has 0 saturated carbocycles. The van der Waals surface area contributed by atoms with Gasteiger partial charge in [-0.3, -0.25) is 4.79 Å². The topological polar surface area (TPSA) is 71.7 Å². The van der Waals surface area contributed by atoms with Crippen molar-refractivity contribution in [3.8, 4) is 0 Å². The number of aryl methyl sites for hydroxylation is 1. The standard InChI is InChI=1S/C24H29N3O3S2/c1-17(2)19-10-13-21-22(16-19)31-24(26(21)3)25-23(28)18-8-11-20(12-9-18)32(29,30)27-14-6-4-5-7-15-27/h8-13,16-17H,4-7,14-15H2,1-3H3. The van der Waals surface area contributed by atoms with E-state index in [1.54, 1.807) is 16.4 Å². The lowest BCUT2D eigenvalue weighted by atomic mass is 10.0. The molecule has 0 aliphatic carbocycles. The Hall–Kier alpha value is -2.29. The van der Waals surface area contributed by atoms with Crippen LogP contribution >= 0.6 is 11.3 Å². The van der Waals surface area contributed by atoms with Gasteiger partial charge in [-0.2, -0.15) is 9.30 Å². The van der Waals surface area contributed by atoms with Crippen molar-refractivity contribution in [3.63, 3.8) is 0 Å². The van der Waals surface area contributed by atoms with E-state index < -0.39 is 10.0 Å². The Morgan fingerprint density at radius 2 is 1.66 bits per heavy atom. The molecule has 2 aromatic carbocycles. The number of carbonyl (C=O) groups is 1. The van der Waals surface area contributed by atoms with Crippen molar-refractivity contribution in [3.05, 3.63) is 58.4 Å². The van der Waals surface area contributed by atoms with Gasteiger partial charge in [0.25, 0.3) is 5.91 Å². The average molecular weight is 472 g/mol. The summed E-state index contributed by atoms with van der Waals surface area (Å²) in [5.74, 6) is 0.0490. The summed E-state index contributed by atoms with van der Waals surface area (Å²) in [5, 5.41) is 0. The largest absolute Gasteiger partial charge is 0.319 e. The highest BCUT2D eigenvalue weighted by atomic mass is 32.2. The van der Waals surface area contributed by atoms with Crippen LogP contribution in [0.2, 0.25) is 0 Å². The van der Waals surface area contributed by atoms with Gasteiger partial charge in [0.2, 0.25) is 10.0 Å². The number of benzene rings is 2. The van der Waals surface area contributed by atoms with E-state index in [0.29, 0.717) is 29.4 Å². The molecule has 8 heteroatoms. The van der Waals surface area contributed by atoms with Crippen LogP contribution in [0.3, 0.4) is 0 Å². The second-order valence-electron chi connectivity index (χ2n) is 8.59. The summed E-state index contributed by atoms with van der Waals surface area (Å²) in [7, 11) is -1.63. The number of hydrogen-bond donors (Lipinski definition) is 0. The minimum absolute atomic E-state index is 0.226. The lowest BCUT2D eigenvalue weighted by Crippen LogP contribution is -2.31. The van der Waals surface area contributed by atoms with Gasteiger partial charge in [0.05, 0.1) is 15.1 Å². The molecule has 6 nitrogen and oxygen atoms in total. The van der Waals surface area contributed by atoms with Crippen molar-refractivity contribution in [2.24, 2.45) is 12.0 Å². The molecule has 1 fully saturated rings. The predicted molar refractivity (Wildman–Crippen MR) is 128 cm³/mol. The molecule has 1 aliphatic rings. The first-order chi connectivity index (χ1) is 15.3. The van der Waals surface area contributed by atoms with Crippen molar-refractivity contribution in [1.82, 2.24) is 8.87 Å². The maximum Gasteiger partial charge on any atom is 0.279 e. The van der Waals surface area contributed by atoms with Crippen molar-refractivity contribution in [1.29, 1.82) is 0 Å². The van der Waals surface area contributed by atoms with Crippen LogP contribution in [0.25, 0.3) is 10.2 Å². The molecule has 32 heavy (non-hydrogen) atoms. The number of thiazole rings is 1. The number of amides is 1. The summed E-state index contributed by atoms with van der Waals surface area (Å²) < 4.78 is 30.5. The molecular weight excluding hydrogens is 442 g/mol. The summed E-state index contributed by atoms with van der Waals surface area (Å²) in [6.07, 6.45) is 3.91. The van der Waals surface area contributed by atoms with E-state index in [-0.39, 0.29) is 10.8 Å². The molecule has 1 saturated heterocycles. The average Bonchev–Trinajstić information content (AvgIpc) is 2.95. The molecule has 0 unspecified atom stereocenters. The van der Waals surface area contributed by atoms with Crippen LogP contribution < -0.4 is 4.80 Å².